The molecule has 2 aromatic carbocycles. The number of alkyl carbamates (subject to hydrolysis) is 1. The Labute approximate surface area is 192 Å². The van der Waals surface area contributed by atoms with E-state index in [-0.39, 0.29) is 12.4 Å². The van der Waals surface area contributed by atoms with E-state index in [1.807, 2.05) is 44.2 Å². The molecule has 0 aliphatic rings. The normalized spacial score (nSPS) is 11.7. The number of aryl methyl sites for hydroxylation is 2. The Hall–Kier alpha value is -3.61. The van der Waals surface area contributed by atoms with E-state index in [0.29, 0.717) is 24.0 Å². The average molecular weight is 452 g/mol. The summed E-state index contributed by atoms with van der Waals surface area (Å²) in [6.45, 7) is 5.79. The van der Waals surface area contributed by atoms with Gasteiger partial charge >= 0.3 is 17.7 Å². The summed E-state index contributed by atoms with van der Waals surface area (Å²) in [5, 5.41) is 3.42. The summed E-state index contributed by atoms with van der Waals surface area (Å²) >= 11 is 0. The van der Waals surface area contributed by atoms with Gasteiger partial charge in [-0.1, -0.05) is 57.0 Å². The minimum absolute atomic E-state index is 0.102. The number of hydrogen-bond acceptors (Lipinski definition) is 6. The molecule has 1 amide bonds. The lowest BCUT2D eigenvalue weighted by molar-refractivity contribution is -0.136. The van der Waals surface area contributed by atoms with E-state index in [4.69, 9.17) is 13.9 Å². The first-order valence-corrected chi connectivity index (χ1v) is 11.2. The summed E-state index contributed by atoms with van der Waals surface area (Å²) < 4.78 is 16.3. The number of nitrogens with one attached hydrogen (secondary N) is 1. The summed E-state index contributed by atoms with van der Waals surface area (Å²) in [4.78, 5) is 37.2. The Morgan fingerprint density at radius 1 is 1.09 bits per heavy atom. The zero-order chi connectivity index (χ0) is 23.8. The van der Waals surface area contributed by atoms with Crippen LogP contribution in [0.1, 0.15) is 49.8 Å². The third kappa shape index (κ3) is 6.22. The summed E-state index contributed by atoms with van der Waals surface area (Å²) in [6, 6.07) is 13.3. The second-order valence-electron chi connectivity index (χ2n) is 7.83. The van der Waals surface area contributed by atoms with Crippen LogP contribution in [0.25, 0.3) is 11.0 Å². The molecule has 1 N–H and O–H groups in total. The van der Waals surface area contributed by atoms with Gasteiger partial charge in [0.2, 0.25) is 0 Å². The molecule has 0 aliphatic carbocycles. The van der Waals surface area contributed by atoms with Gasteiger partial charge in [0, 0.05) is 17.0 Å². The van der Waals surface area contributed by atoms with Crippen LogP contribution in [0.4, 0.5) is 4.79 Å². The number of amides is 1. The third-order valence-corrected chi connectivity index (χ3v) is 5.42. The van der Waals surface area contributed by atoms with E-state index >= 15 is 0 Å². The molecule has 0 aliphatic heterocycles. The number of benzene rings is 2. The molecule has 1 atom stereocenters. The van der Waals surface area contributed by atoms with Crippen molar-refractivity contribution in [3.05, 3.63) is 75.6 Å². The van der Waals surface area contributed by atoms with Crippen molar-refractivity contribution in [2.24, 2.45) is 0 Å². The first kappa shape index (κ1) is 24.0. The second-order valence-corrected chi connectivity index (χ2v) is 7.83. The smallest absolute Gasteiger partial charge is 0.408 e. The van der Waals surface area contributed by atoms with Crippen molar-refractivity contribution in [3.8, 4) is 5.75 Å². The SMILES string of the molecule is CCCC[C@@H](NC(=O)OCc1ccccc1)C(=O)Oc1ccc2c(CC)cc(=O)oc2c1C. The first-order chi connectivity index (χ1) is 15.9. The Balaban J connectivity index is 1.74. The molecule has 0 spiro atoms. The van der Waals surface area contributed by atoms with Gasteiger partial charge in [-0.2, -0.15) is 0 Å². The zero-order valence-electron chi connectivity index (χ0n) is 19.2. The van der Waals surface area contributed by atoms with Gasteiger partial charge in [-0.3, -0.25) is 0 Å². The predicted octanol–water partition coefficient (Wildman–Crippen LogP) is 5.05. The molecule has 3 aromatic rings. The van der Waals surface area contributed by atoms with E-state index in [1.165, 1.54) is 6.07 Å². The van der Waals surface area contributed by atoms with Crippen molar-refractivity contribution < 1.29 is 23.5 Å². The maximum atomic E-state index is 12.9. The van der Waals surface area contributed by atoms with Crippen molar-refractivity contribution in [1.82, 2.24) is 5.32 Å². The summed E-state index contributed by atoms with van der Waals surface area (Å²) in [5.74, 6) is -0.318. The molecule has 0 unspecified atom stereocenters. The molecule has 1 aromatic heterocycles. The highest BCUT2D eigenvalue weighted by atomic mass is 16.6. The van der Waals surface area contributed by atoms with Crippen LogP contribution in [0.5, 0.6) is 5.75 Å². The number of unbranched alkanes of at least 4 members (excludes halogenated alkanes) is 1. The second kappa shape index (κ2) is 11.3. The fourth-order valence-corrected chi connectivity index (χ4v) is 3.55. The zero-order valence-corrected chi connectivity index (χ0v) is 19.2. The maximum Gasteiger partial charge on any atom is 0.408 e. The van der Waals surface area contributed by atoms with Crippen molar-refractivity contribution >= 4 is 23.0 Å². The topological polar surface area (TPSA) is 94.8 Å². The van der Waals surface area contributed by atoms with Crippen LogP contribution in [0, 0.1) is 6.92 Å². The van der Waals surface area contributed by atoms with Crippen molar-refractivity contribution in [2.75, 3.05) is 0 Å². The summed E-state index contributed by atoms with van der Waals surface area (Å²) in [7, 11) is 0. The van der Waals surface area contributed by atoms with Gasteiger partial charge in [0.05, 0.1) is 0 Å². The number of fused-ring (bicyclic) bond motifs is 1. The number of ether oxygens (including phenoxy) is 2. The van der Waals surface area contributed by atoms with E-state index in [1.54, 1.807) is 19.1 Å². The lowest BCUT2D eigenvalue weighted by atomic mass is 10.0. The monoisotopic (exact) mass is 451 g/mol. The molecule has 0 bridgehead atoms. The number of carbonyl (C=O) groups excluding carboxylic acids is 2. The van der Waals surface area contributed by atoms with Gasteiger partial charge in [-0.05, 0) is 43.0 Å². The van der Waals surface area contributed by atoms with E-state index in [9.17, 15) is 14.4 Å². The minimum Gasteiger partial charge on any atom is -0.445 e. The Bertz CT molecular complexity index is 1170. The van der Waals surface area contributed by atoms with Crippen molar-refractivity contribution in [1.29, 1.82) is 0 Å². The Kier molecular flexibility index (Phi) is 8.24. The summed E-state index contributed by atoms with van der Waals surface area (Å²) in [5.41, 5.74) is 2.21. The van der Waals surface area contributed by atoms with E-state index in [0.717, 1.165) is 29.4 Å². The molecule has 174 valence electrons. The lowest BCUT2D eigenvalue weighted by Crippen LogP contribution is -2.43. The van der Waals surface area contributed by atoms with Gasteiger partial charge in [-0.25, -0.2) is 14.4 Å². The predicted molar refractivity (Wildman–Crippen MR) is 125 cm³/mol. The Morgan fingerprint density at radius 3 is 2.55 bits per heavy atom. The highest BCUT2D eigenvalue weighted by molar-refractivity contribution is 5.87. The number of carbonyl (C=O) groups is 2. The fraction of sp³-hybridized carbons (Fsp3) is 0.346. The van der Waals surface area contributed by atoms with E-state index in [2.05, 4.69) is 5.32 Å². The molecule has 7 heteroatoms. The molecular formula is C26H29NO6. The van der Waals surface area contributed by atoms with Crippen LogP contribution >= 0.6 is 0 Å². The number of esters is 1. The first-order valence-electron chi connectivity index (χ1n) is 11.2. The van der Waals surface area contributed by atoms with Crippen LogP contribution in [-0.2, 0) is 22.6 Å². The largest absolute Gasteiger partial charge is 0.445 e. The van der Waals surface area contributed by atoms with Gasteiger partial charge in [0.1, 0.15) is 24.0 Å². The van der Waals surface area contributed by atoms with Crippen molar-refractivity contribution in [3.63, 3.8) is 0 Å². The van der Waals surface area contributed by atoms with Crippen LogP contribution in [0.3, 0.4) is 0 Å². The van der Waals surface area contributed by atoms with Gasteiger partial charge in [-0.15, -0.1) is 0 Å². The quantitative estimate of drug-likeness (QED) is 0.278. The maximum absolute atomic E-state index is 12.9. The molecule has 0 saturated heterocycles. The molecule has 1 heterocycles. The molecule has 33 heavy (non-hydrogen) atoms. The third-order valence-electron chi connectivity index (χ3n) is 5.42. The molecular weight excluding hydrogens is 422 g/mol. The highest BCUT2D eigenvalue weighted by Gasteiger charge is 2.24. The standard InChI is InChI=1S/C26H29NO6/c1-4-6-12-21(27-26(30)31-16-18-10-8-7-9-11-18)25(29)32-22-14-13-20-19(5-2)15-23(28)33-24(20)17(22)3/h7-11,13-15,21H,4-6,12,16H2,1-3H3,(H,27,30)/t21-/m1/s1. The molecule has 7 nitrogen and oxygen atoms in total. The van der Waals surface area contributed by atoms with Crippen LogP contribution < -0.4 is 15.7 Å². The average Bonchev–Trinajstić information content (AvgIpc) is 2.82. The van der Waals surface area contributed by atoms with Gasteiger partial charge in [0.15, 0.2) is 0 Å². The fourth-order valence-electron chi connectivity index (χ4n) is 3.55. The van der Waals surface area contributed by atoms with Crippen molar-refractivity contribution in [2.45, 2.75) is 59.1 Å². The molecule has 3 rings (SSSR count). The molecule has 0 radical (unpaired) electrons. The lowest BCUT2D eigenvalue weighted by Gasteiger charge is -2.18. The minimum atomic E-state index is -0.864. The Morgan fingerprint density at radius 2 is 1.85 bits per heavy atom. The molecule has 0 fully saturated rings. The highest BCUT2D eigenvalue weighted by Crippen LogP contribution is 2.29. The summed E-state index contributed by atoms with van der Waals surface area (Å²) in [6.07, 6.45) is 1.98. The van der Waals surface area contributed by atoms with Gasteiger partial charge in [0.25, 0.3) is 0 Å². The number of hydrogen-bond donors (Lipinski definition) is 1. The van der Waals surface area contributed by atoms with E-state index < -0.39 is 23.7 Å². The van der Waals surface area contributed by atoms with Crippen LogP contribution in [0.2, 0.25) is 0 Å². The molecule has 0 saturated carbocycles. The van der Waals surface area contributed by atoms with Crippen LogP contribution in [-0.4, -0.2) is 18.1 Å². The van der Waals surface area contributed by atoms with Gasteiger partial charge < -0.3 is 19.2 Å². The van der Waals surface area contributed by atoms with Crippen LogP contribution in [0.15, 0.2) is 57.7 Å². The number of rotatable bonds is 9.